The normalized spacial score (nSPS) is 47.4. The minimum absolute atomic E-state index is 0.0625. The SMILES string of the molecule is O=P1(O)BO1. The summed E-state index contributed by atoms with van der Waals surface area (Å²) in [5, 5.41) is 0. The molecule has 0 saturated carbocycles. The second kappa shape index (κ2) is 0.646. The van der Waals surface area contributed by atoms with Gasteiger partial charge in [0.15, 0.2) is 0 Å². The highest BCUT2D eigenvalue weighted by molar-refractivity contribution is 7.93. The lowest BCUT2D eigenvalue weighted by molar-refractivity contribution is 0.453. The Hall–Kier alpha value is 0.215. The van der Waals surface area contributed by atoms with Crippen molar-refractivity contribution in [1.82, 2.24) is 0 Å². The predicted octanol–water partition coefficient (Wildman–Crippen LogP) is -0.532. The van der Waals surface area contributed by atoms with Crippen molar-refractivity contribution in [2.75, 3.05) is 0 Å². The Morgan fingerprint density at radius 3 is 2.20 bits per heavy atom. The van der Waals surface area contributed by atoms with Crippen LogP contribution in [0.1, 0.15) is 0 Å². The molecule has 1 saturated heterocycles. The summed E-state index contributed by atoms with van der Waals surface area (Å²) in [6.07, 6.45) is 0. The molecule has 1 heterocycles. The van der Waals surface area contributed by atoms with Crippen molar-refractivity contribution < 1.29 is 13.9 Å². The Morgan fingerprint density at radius 1 is 2.00 bits per heavy atom. The largest absolute Gasteiger partial charge is 0.421 e. The van der Waals surface area contributed by atoms with E-state index in [1.807, 2.05) is 0 Å². The maximum Gasteiger partial charge on any atom is 0.421 e. The van der Waals surface area contributed by atoms with Gasteiger partial charge in [-0.05, 0) is 0 Å². The Balaban J connectivity index is 2.72. The Labute approximate surface area is 29.7 Å². The summed E-state index contributed by atoms with van der Waals surface area (Å²) in [6, 6.07) is 0. The van der Waals surface area contributed by atoms with E-state index in [4.69, 9.17) is 4.89 Å². The van der Waals surface area contributed by atoms with Gasteiger partial charge in [-0.25, -0.2) is 0 Å². The molecule has 1 rings (SSSR count). The van der Waals surface area contributed by atoms with Crippen LogP contribution in [-0.2, 0) is 9.01 Å². The molecule has 0 aromatic carbocycles. The maximum absolute atomic E-state index is 9.66. The van der Waals surface area contributed by atoms with Gasteiger partial charge in [0.2, 0.25) is 0 Å². The van der Waals surface area contributed by atoms with Crippen LogP contribution in [0.4, 0.5) is 0 Å². The van der Waals surface area contributed by atoms with E-state index in [0.717, 1.165) is 0 Å². The molecule has 1 fully saturated rings. The molecule has 1 N–H and O–H groups in total. The predicted molar refractivity (Wildman–Crippen MR) is 18.1 cm³/mol. The topological polar surface area (TPSA) is 49.8 Å². The van der Waals surface area contributed by atoms with Crippen LogP contribution in [-0.4, -0.2) is 12.1 Å². The summed E-state index contributed by atoms with van der Waals surface area (Å²) in [6.45, 7) is 0. The van der Waals surface area contributed by atoms with Crippen molar-refractivity contribution in [3.8, 4) is 0 Å². The molecule has 0 radical (unpaired) electrons. The molecular weight excluding hydrogens is 89.8 g/mol. The fourth-order valence-electron chi connectivity index (χ4n) is 0.0494. The highest BCUT2D eigenvalue weighted by Crippen LogP contribution is 2.54. The second-order valence-corrected chi connectivity index (χ2v) is 2.69. The van der Waals surface area contributed by atoms with E-state index in [0.29, 0.717) is 0 Å². The summed E-state index contributed by atoms with van der Waals surface area (Å²) in [7, 11) is -2.83. The van der Waals surface area contributed by atoms with Gasteiger partial charge in [0.25, 0.3) is 7.47 Å². The fraction of sp³-hybridized carbons (Fsp3) is 0. The molecule has 5 heavy (non-hydrogen) atoms. The van der Waals surface area contributed by atoms with Gasteiger partial charge in [-0.1, -0.05) is 0 Å². The van der Waals surface area contributed by atoms with Gasteiger partial charge >= 0.3 is 7.20 Å². The minimum Gasteiger partial charge on any atom is -0.363 e. The third kappa shape index (κ3) is 0.760. The molecule has 0 aliphatic carbocycles. The summed E-state index contributed by atoms with van der Waals surface area (Å²) in [5.74, 6) is 0. The van der Waals surface area contributed by atoms with Gasteiger partial charge < -0.3 is 9.33 Å². The van der Waals surface area contributed by atoms with E-state index >= 15 is 0 Å². The van der Waals surface area contributed by atoms with Crippen LogP contribution in [0.25, 0.3) is 0 Å². The first kappa shape index (κ1) is 3.41. The van der Waals surface area contributed by atoms with Crippen LogP contribution in [0.15, 0.2) is 0 Å². The summed E-state index contributed by atoms with van der Waals surface area (Å²) >= 11 is 0. The lowest BCUT2D eigenvalue weighted by atomic mass is 10.6. The molecule has 0 amide bonds. The van der Waals surface area contributed by atoms with Crippen molar-refractivity contribution in [3.63, 3.8) is 0 Å². The van der Waals surface area contributed by atoms with E-state index in [1.165, 1.54) is 0 Å². The molecule has 5 heteroatoms. The molecule has 3 nitrogen and oxygen atoms in total. The quantitative estimate of drug-likeness (QED) is 0.248. The van der Waals surface area contributed by atoms with Crippen molar-refractivity contribution >= 4 is 14.7 Å². The van der Waals surface area contributed by atoms with E-state index in [1.54, 1.807) is 0 Å². The lowest BCUT2D eigenvalue weighted by Crippen LogP contribution is -1.40. The third-order valence-electron chi connectivity index (χ3n) is 0.350. The molecule has 0 aromatic rings. The lowest BCUT2D eigenvalue weighted by Gasteiger charge is -1.64. The first-order chi connectivity index (χ1) is 2.21. The van der Waals surface area contributed by atoms with Crippen LogP contribution < -0.4 is 0 Å². The molecule has 0 spiro atoms. The number of rotatable bonds is 0. The Kier molecular flexibility index (Phi) is 0.440. The van der Waals surface area contributed by atoms with Crippen LogP contribution in [0.5, 0.6) is 0 Å². The summed E-state index contributed by atoms with van der Waals surface area (Å²) in [5.41, 5.74) is 0. The van der Waals surface area contributed by atoms with Gasteiger partial charge in [0.1, 0.15) is 0 Å². The molecule has 1 aliphatic heterocycles. The van der Waals surface area contributed by atoms with E-state index < -0.39 is 7.47 Å². The molecule has 0 bridgehead atoms. The summed E-state index contributed by atoms with van der Waals surface area (Å²) < 4.78 is 13.7. The third-order valence-corrected chi connectivity index (χ3v) is 1.05. The zero-order valence-electron chi connectivity index (χ0n) is 2.42. The first-order valence-electron chi connectivity index (χ1n) is 1.17. The number of hydrogen-bond donors (Lipinski definition) is 1. The second-order valence-electron chi connectivity index (χ2n) is 0.896. The minimum atomic E-state index is -2.89. The van der Waals surface area contributed by atoms with Crippen molar-refractivity contribution in [2.45, 2.75) is 0 Å². The van der Waals surface area contributed by atoms with Gasteiger partial charge in [-0.2, -0.15) is 0 Å². The smallest absolute Gasteiger partial charge is 0.363 e. The van der Waals surface area contributed by atoms with Crippen LogP contribution in [0, 0.1) is 0 Å². The molecule has 1 unspecified atom stereocenters. The van der Waals surface area contributed by atoms with Gasteiger partial charge in [-0.3, -0.25) is 4.57 Å². The van der Waals surface area contributed by atoms with Crippen LogP contribution in [0.3, 0.4) is 0 Å². The Bertz CT molecular complexity index is 78.9. The average Bonchev–Trinajstić information content (AvgIpc) is 1.76. The maximum atomic E-state index is 9.66. The highest BCUT2D eigenvalue weighted by atomic mass is 31.2. The van der Waals surface area contributed by atoms with E-state index in [2.05, 4.69) is 4.44 Å². The van der Waals surface area contributed by atoms with Crippen molar-refractivity contribution in [2.24, 2.45) is 0 Å². The first-order valence-corrected chi connectivity index (χ1v) is 2.93. The van der Waals surface area contributed by atoms with Gasteiger partial charge in [-0.15, -0.1) is 0 Å². The number of hydrogen-bond acceptors (Lipinski definition) is 2. The van der Waals surface area contributed by atoms with Crippen molar-refractivity contribution in [1.29, 1.82) is 0 Å². The van der Waals surface area contributed by atoms with E-state index in [9.17, 15) is 4.57 Å². The molecule has 0 aromatic heterocycles. The standard InChI is InChI=1S/BH2O3P/c2-5(3)1-4-5/h1H,(H,2,3). The summed E-state index contributed by atoms with van der Waals surface area (Å²) in [4.78, 5) is 7.97. The van der Waals surface area contributed by atoms with Gasteiger partial charge in [0.05, 0.1) is 0 Å². The molecule has 1 atom stereocenters. The van der Waals surface area contributed by atoms with Crippen LogP contribution >= 0.6 is 7.47 Å². The van der Waals surface area contributed by atoms with Crippen LogP contribution in [0.2, 0.25) is 0 Å². The average molecular weight is 91.8 g/mol. The molecule has 1 aliphatic rings. The van der Waals surface area contributed by atoms with Crippen molar-refractivity contribution in [3.05, 3.63) is 0 Å². The monoisotopic (exact) mass is 92.0 g/mol. The molecular formula is H2BO3P. The zero-order valence-corrected chi connectivity index (χ0v) is 3.31. The highest BCUT2D eigenvalue weighted by Gasteiger charge is 2.38. The Morgan fingerprint density at radius 2 is 2.20 bits per heavy atom. The molecule has 28 valence electrons. The zero-order chi connectivity index (χ0) is 3.91. The van der Waals surface area contributed by atoms with E-state index in [-0.39, 0.29) is 7.20 Å². The fourth-order valence-corrected chi connectivity index (χ4v) is 0.445. The van der Waals surface area contributed by atoms with Gasteiger partial charge in [0, 0.05) is 0 Å².